The molecule has 5 nitrogen and oxygen atoms in total. The molecule has 0 aliphatic carbocycles. The van der Waals surface area contributed by atoms with E-state index in [0.29, 0.717) is 13.1 Å². The lowest BCUT2D eigenvalue weighted by Crippen LogP contribution is -2.37. The van der Waals surface area contributed by atoms with E-state index in [-0.39, 0.29) is 6.03 Å². The van der Waals surface area contributed by atoms with E-state index in [2.05, 4.69) is 70.9 Å². The number of carbonyl (C=O) groups excluding carboxylic acids is 1. The van der Waals surface area contributed by atoms with Crippen molar-refractivity contribution in [1.29, 1.82) is 0 Å². The quantitative estimate of drug-likeness (QED) is 0.496. The van der Waals surface area contributed by atoms with Crippen LogP contribution in [0.4, 0.5) is 4.79 Å². The maximum atomic E-state index is 12.0. The zero-order valence-electron chi connectivity index (χ0n) is 16.8. The Morgan fingerprint density at radius 3 is 2.54 bits per heavy atom. The van der Waals surface area contributed by atoms with Crippen molar-refractivity contribution in [1.82, 2.24) is 20.5 Å². The SMILES string of the molecule is Cc1[nH]c2ccccc2c1CCNC(=O)NCCCN(C)Cc1ccccc1. The fraction of sp³-hybridized carbons (Fsp3) is 0.348. The minimum absolute atomic E-state index is 0.0943. The Hall–Kier alpha value is -2.79. The van der Waals surface area contributed by atoms with Crippen LogP contribution in [-0.4, -0.2) is 42.6 Å². The lowest BCUT2D eigenvalue weighted by Gasteiger charge is -2.16. The number of fused-ring (bicyclic) bond motifs is 1. The van der Waals surface area contributed by atoms with Crippen LogP contribution in [-0.2, 0) is 13.0 Å². The van der Waals surface area contributed by atoms with Crippen molar-refractivity contribution in [3.05, 3.63) is 71.4 Å². The zero-order valence-corrected chi connectivity index (χ0v) is 16.8. The van der Waals surface area contributed by atoms with Gasteiger partial charge in [0.1, 0.15) is 0 Å². The van der Waals surface area contributed by atoms with Crippen LogP contribution in [0.3, 0.4) is 0 Å². The van der Waals surface area contributed by atoms with Crippen molar-refractivity contribution < 1.29 is 4.79 Å². The van der Waals surface area contributed by atoms with Crippen LogP contribution >= 0.6 is 0 Å². The summed E-state index contributed by atoms with van der Waals surface area (Å²) in [5.41, 5.74) is 4.91. The van der Waals surface area contributed by atoms with Crippen molar-refractivity contribution >= 4 is 16.9 Å². The smallest absolute Gasteiger partial charge is 0.314 e. The van der Waals surface area contributed by atoms with Crippen molar-refractivity contribution in [2.24, 2.45) is 0 Å². The fourth-order valence-electron chi connectivity index (χ4n) is 3.55. The number of para-hydroxylation sites is 1. The Labute approximate surface area is 167 Å². The first-order valence-corrected chi connectivity index (χ1v) is 9.94. The summed E-state index contributed by atoms with van der Waals surface area (Å²) in [6.45, 7) is 5.27. The van der Waals surface area contributed by atoms with Crippen LogP contribution in [0.1, 0.15) is 23.2 Å². The monoisotopic (exact) mass is 378 g/mol. The molecule has 5 heteroatoms. The topological polar surface area (TPSA) is 60.2 Å². The van der Waals surface area contributed by atoms with Gasteiger partial charge in [-0.2, -0.15) is 0 Å². The van der Waals surface area contributed by atoms with E-state index in [0.717, 1.165) is 31.4 Å². The molecule has 0 aliphatic rings. The van der Waals surface area contributed by atoms with E-state index in [1.165, 1.54) is 22.2 Å². The highest BCUT2D eigenvalue weighted by Gasteiger charge is 2.08. The van der Waals surface area contributed by atoms with Crippen LogP contribution in [0, 0.1) is 6.92 Å². The summed E-state index contributed by atoms with van der Waals surface area (Å²) in [6, 6.07) is 18.6. The number of benzene rings is 2. The third-order valence-corrected chi connectivity index (χ3v) is 4.99. The summed E-state index contributed by atoms with van der Waals surface area (Å²) < 4.78 is 0. The molecule has 0 atom stereocenters. The lowest BCUT2D eigenvalue weighted by molar-refractivity contribution is 0.239. The maximum Gasteiger partial charge on any atom is 0.314 e. The number of urea groups is 1. The number of carbonyl (C=O) groups is 1. The molecule has 0 unspecified atom stereocenters. The van der Waals surface area contributed by atoms with Crippen molar-refractivity contribution in [2.75, 3.05) is 26.7 Å². The number of aromatic nitrogens is 1. The summed E-state index contributed by atoms with van der Waals surface area (Å²) in [7, 11) is 2.11. The third-order valence-electron chi connectivity index (χ3n) is 4.99. The molecule has 0 bridgehead atoms. The van der Waals surface area contributed by atoms with Gasteiger partial charge in [-0.3, -0.25) is 0 Å². The highest BCUT2D eigenvalue weighted by molar-refractivity contribution is 5.84. The van der Waals surface area contributed by atoms with E-state index in [1.54, 1.807) is 0 Å². The molecule has 0 fully saturated rings. The van der Waals surface area contributed by atoms with Gasteiger partial charge in [-0.1, -0.05) is 48.5 Å². The van der Waals surface area contributed by atoms with E-state index in [9.17, 15) is 4.79 Å². The number of hydrogen-bond acceptors (Lipinski definition) is 2. The number of amides is 2. The average molecular weight is 379 g/mol. The molecule has 0 saturated carbocycles. The van der Waals surface area contributed by atoms with Crippen molar-refractivity contribution in [2.45, 2.75) is 26.3 Å². The highest BCUT2D eigenvalue weighted by atomic mass is 16.2. The molecule has 1 heterocycles. The van der Waals surface area contributed by atoms with Gasteiger partial charge in [0.25, 0.3) is 0 Å². The lowest BCUT2D eigenvalue weighted by atomic mass is 10.1. The molecule has 1 aromatic heterocycles. The Bertz CT molecular complexity index is 888. The molecular formula is C23H30N4O. The third kappa shape index (κ3) is 5.60. The highest BCUT2D eigenvalue weighted by Crippen LogP contribution is 2.21. The van der Waals surface area contributed by atoms with Crippen LogP contribution < -0.4 is 10.6 Å². The first-order valence-electron chi connectivity index (χ1n) is 9.94. The molecule has 2 aromatic carbocycles. The molecule has 0 spiro atoms. The summed E-state index contributed by atoms with van der Waals surface area (Å²) in [4.78, 5) is 17.7. The van der Waals surface area contributed by atoms with E-state index in [1.807, 2.05) is 18.2 Å². The number of H-pyrrole nitrogens is 1. The van der Waals surface area contributed by atoms with Gasteiger partial charge in [0, 0.05) is 36.2 Å². The van der Waals surface area contributed by atoms with Gasteiger partial charge in [-0.15, -0.1) is 0 Å². The number of hydrogen-bond donors (Lipinski definition) is 3. The Morgan fingerprint density at radius 2 is 1.71 bits per heavy atom. The molecule has 0 saturated heterocycles. The Morgan fingerprint density at radius 1 is 1.00 bits per heavy atom. The van der Waals surface area contributed by atoms with Crippen molar-refractivity contribution in [3.63, 3.8) is 0 Å². The van der Waals surface area contributed by atoms with Gasteiger partial charge in [0.2, 0.25) is 0 Å². The normalized spacial score (nSPS) is 11.1. The predicted octanol–water partition coefficient (Wildman–Crippen LogP) is 3.84. The summed E-state index contributed by atoms with van der Waals surface area (Å²) in [5, 5.41) is 7.15. The summed E-state index contributed by atoms with van der Waals surface area (Å²) >= 11 is 0. The standard InChI is InChI=1S/C23H30N4O/c1-18-20(21-11-6-7-12-22(21)26-18)13-15-25-23(28)24-14-8-16-27(2)17-19-9-4-3-5-10-19/h3-7,9-12,26H,8,13-17H2,1-2H3,(H2,24,25,28). The zero-order chi connectivity index (χ0) is 19.8. The molecule has 0 aliphatic heterocycles. The maximum absolute atomic E-state index is 12.0. The van der Waals surface area contributed by atoms with Gasteiger partial charge >= 0.3 is 6.03 Å². The van der Waals surface area contributed by atoms with Crippen LogP contribution in [0.2, 0.25) is 0 Å². The number of aryl methyl sites for hydroxylation is 1. The van der Waals surface area contributed by atoms with Gasteiger partial charge in [-0.05, 0) is 50.6 Å². The van der Waals surface area contributed by atoms with Crippen LogP contribution in [0.15, 0.2) is 54.6 Å². The summed E-state index contributed by atoms with van der Waals surface area (Å²) in [5.74, 6) is 0. The van der Waals surface area contributed by atoms with Crippen LogP contribution in [0.25, 0.3) is 10.9 Å². The molecule has 3 rings (SSSR count). The first-order chi connectivity index (χ1) is 13.6. The molecule has 0 radical (unpaired) electrons. The number of nitrogens with zero attached hydrogens (tertiary/aromatic N) is 1. The van der Waals surface area contributed by atoms with Gasteiger partial charge in [-0.25, -0.2) is 4.79 Å². The molecule has 3 aromatic rings. The van der Waals surface area contributed by atoms with Gasteiger partial charge < -0.3 is 20.5 Å². The number of rotatable bonds is 9. The molecular weight excluding hydrogens is 348 g/mol. The molecule has 3 N–H and O–H groups in total. The number of nitrogens with one attached hydrogen (secondary N) is 3. The van der Waals surface area contributed by atoms with Gasteiger partial charge in [0.05, 0.1) is 0 Å². The second-order valence-electron chi connectivity index (χ2n) is 7.28. The molecule has 28 heavy (non-hydrogen) atoms. The Kier molecular flexibility index (Phi) is 7.09. The second kappa shape index (κ2) is 9.95. The van der Waals surface area contributed by atoms with Crippen molar-refractivity contribution in [3.8, 4) is 0 Å². The van der Waals surface area contributed by atoms with E-state index in [4.69, 9.17) is 0 Å². The number of aromatic amines is 1. The average Bonchev–Trinajstić information content (AvgIpc) is 3.01. The summed E-state index contributed by atoms with van der Waals surface area (Å²) in [6.07, 6.45) is 1.75. The van der Waals surface area contributed by atoms with Gasteiger partial charge in [0.15, 0.2) is 0 Å². The fourth-order valence-corrected chi connectivity index (χ4v) is 3.55. The van der Waals surface area contributed by atoms with E-state index >= 15 is 0 Å². The second-order valence-corrected chi connectivity index (χ2v) is 7.28. The molecule has 148 valence electrons. The van der Waals surface area contributed by atoms with E-state index < -0.39 is 0 Å². The first kappa shape index (κ1) is 20.0. The minimum Gasteiger partial charge on any atom is -0.358 e. The minimum atomic E-state index is -0.0943. The predicted molar refractivity (Wildman–Crippen MR) is 116 cm³/mol. The molecule has 2 amide bonds. The Balaban J connectivity index is 1.32. The largest absolute Gasteiger partial charge is 0.358 e. The van der Waals surface area contributed by atoms with Crippen LogP contribution in [0.5, 0.6) is 0 Å².